The summed E-state index contributed by atoms with van der Waals surface area (Å²) >= 11 is 3.58. The summed E-state index contributed by atoms with van der Waals surface area (Å²) in [5.41, 5.74) is 1.32. The van der Waals surface area contributed by atoms with E-state index >= 15 is 0 Å². The number of anilines is 1. The Kier molecular flexibility index (Phi) is 7.11. The highest BCUT2D eigenvalue weighted by molar-refractivity contribution is 14.1. The van der Waals surface area contributed by atoms with Gasteiger partial charge in [-0.2, -0.15) is 0 Å². The topological polar surface area (TPSA) is 58.2 Å². The Bertz CT molecular complexity index is 717. The molecule has 0 aliphatic heterocycles. The number of halogens is 1. The van der Waals surface area contributed by atoms with Gasteiger partial charge in [0, 0.05) is 20.2 Å². The van der Waals surface area contributed by atoms with E-state index in [9.17, 15) is 9.59 Å². The van der Waals surface area contributed by atoms with Gasteiger partial charge in [0.2, 0.25) is 5.91 Å². The van der Waals surface area contributed by atoms with Gasteiger partial charge in [0.05, 0.1) is 11.3 Å². The van der Waals surface area contributed by atoms with Gasteiger partial charge in [-0.3, -0.25) is 9.59 Å². The summed E-state index contributed by atoms with van der Waals surface area (Å²) in [7, 11) is 0. The van der Waals surface area contributed by atoms with Gasteiger partial charge in [0.25, 0.3) is 5.91 Å². The summed E-state index contributed by atoms with van der Waals surface area (Å²) < 4.78 is 1.11. The first-order chi connectivity index (χ1) is 11.5. The highest BCUT2D eigenvalue weighted by atomic mass is 127. The van der Waals surface area contributed by atoms with E-state index < -0.39 is 0 Å². The Morgan fingerprint density at radius 1 is 1.08 bits per heavy atom. The molecule has 0 saturated carbocycles. The average Bonchev–Trinajstić information content (AvgIpc) is 2.54. The van der Waals surface area contributed by atoms with Crippen molar-refractivity contribution in [3.8, 4) is 0 Å². The zero-order valence-electron chi connectivity index (χ0n) is 13.5. The SMILES string of the molecule is CC(C)NC(=O)CSc1ccccc1C(=O)Nc1ccc(I)cc1. The van der Waals surface area contributed by atoms with Crippen molar-refractivity contribution in [2.24, 2.45) is 0 Å². The maximum absolute atomic E-state index is 12.5. The van der Waals surface area contributed by atoms with Gasteiger partial charge in [-0.15, -0.1) is 11.8 Å². The Morgan fingerprint density at radius 3 is 2.42 bits per heavy atom. The standard InChI is InChI=1S/C18H19IN2O2S/c1-12(2)20-17(22)11-24-16-6-4-3-5-15(16)18(23)21-14-9-7-13(19)8-10-14/h3-10,12H,11H2,1-2H3,(H,20,22)(H,21,23). The minimum Gasteiger partial charge on any atom is -0.353 e. The van der Waals surface area contributed by atoms with Crippen LogP contribution < -0.4 is 10.6 Å². The van der Waals surface area contributed by atoms with E-state index in [-0.39, 0.29) is 23.6 Å². The molecule has 0 atom stereocenters. The highest BCUT2D eigenvalue weighted by Crippen LogP contribution is 2.23. The maximum Gasteiger partial charge on any atom is 0.256 e. The van der Waals surface area contributed by atoms with Crippen molar-refractivity contribution in [1.29, 1.82) is 0 Å². The number of carbonyl (C=O) groups is 2. The molecule has 0 aromatic heterocycles. The van der Waals surface area contributed by atoms with E-state index in [2.05, 4.69) is 33.2 Å². The zero-order valence-corrected chi connectivity index (χ0v) is 16.5. The van der Waals surface area contributed by atoms with Crippen LogP contribution in [-0.2, 0) is 4.79 Å². The lowest BCUT2D eigenvalue weighted by Gasteiger charge is -2.11. The lowest BCUT2D eigenvalue weighted by molar-refractivity contribution is -0.119. The van der Waals surface area contributed by atoms with Crippen LogP contribution in [0.2, 0.25) is 0 Å². The van der Waals surface area contributed by atoms with E-state index in [1.54, 1.807) is 6.07 Å². The molecule has 2 aromatic rings. The molecule has 2 aromatic carbocycles. The zero-order chi connectivity index (χ0) is 17.5. The van der Waals surface area contributed by atoms with Crippen molar-refractivity contribution in [3.05, 3.63) is 57.7 Å². The molecule has 4 nitrogen and oxygen atoms in total. The fraction of sp³-hybridized carbons (Fsp3) is 0.222. The van der Waals surface area contributed by atoms with Crippen LogP contribution in [0.25, 0.3) is 0 Å². The predicted octanol–water partition coefficient (Wildman–Crippen LogP) is 4.16. The van der Waals surface area contributed by atoms with Crippen molar-refractivity contribution in [2.75, 3.05) is 11.1 Å². The molecule has 0 fully saturated rings. The first-order valence-corrected chi connectivity index (χ1v) is 9.60. The second-order valence-corrected chi connectivity index (χ2v) is 7.73. The Labute approximate surface area is 159 Å². The number of hydrogen-bond donors (Lipinski definition) is 2. The summed E-state index contributed by atoms with van der Waals surface area (Å²) in [6.07, 6.45) is 0. The molecule has 24 heavy (non-hydrogen) atoms. The van der Waals surface area contributed by atoms with Gasteiger partial charge in [-0.05, 0) is 72.8 Å². The molecule has 0 unspecified atom stereocenters. The van der Waals surface area contributed by atoms with Gasteiger partial charge in [-0.1, -0.05) is 12.1 Å². The molecule has 0 saturated heterocycles. The van der Waals surface area contributed by atoms with Crippen LogP contribution in [0.3, 0.4) is 0 Å². The van der Waals surface area contributed by atoms with Gasteiger partial charge in [0.1, 0.15) is 0 Å². The molecule has 6 heteroatoms. The fourth-order valence-electron chi connectivity index (χ4n) is 2.02. The van der Waals surface area contributed by atoms with E-state index in [0.717, 1.165) is 14.2 Å². The van der Waals surface area contributed by atoms with E-state index in [1.165, 1.54) is 11.8 Å². The molecule has 0 radical (unpaired) electrons. The summed E-state index contributed by atoms with van der Waals surface area (Å²) in [5, 5.41) is 5.74. The molecule has 126 valence electrons. The number of amides is 2. The van der Waals surface area contributed by atoms with Crippen LogP contribution in [0, 0.1) is 3.57 Å². The van der Waals surface area contributed by atoms with Crippen LogP contribution >= 0.6 is 34.4 Å². The third kappa shape index (κ3) is 5.83. The predicted molar refractivity (Wildman–Crippen MR) is 108 cm³/mol. The fourth-order valence-corrected chi connectivity index (χ4v) is 3.24. The molecule has 0 spiro atoms. The Hall–Kier alpha value is -1.54. The molecule has 0 heterocycles. The summed E-state index contributed by atoms with van der Waals surface area (Å²) in [5.74, 6) is 0.0675. The van der Waals surface area contributed by atoms with Crippen molar-refractivity contribution in [2.45, 2.75) is 24.8 Å². The van der Waals surface area contributed by atoms with Crippen LogP contribution in [-0.4, -0.2) is 23.6 Å². The minimum atomic E-state index is -0.177. The number of carbonyl (C=O) groups excluding carboxylic acids is 2. The second kappa shape index (κ2) is 9.08. The molecule has 2 rings (SSSR count). The smallest absolute Gasteiger partial charge is 0.256 e. The van der Waals surface area contributed by atoms with Crippen molar-refractivity contribution in [3.63, 3.8) is 0 Å². The monoisotopic (exact) mass is 454 g/mol. The van der Waals surface area contributed by atoms with Gasteiger partial charge < -0.3 is 10.6 Å². The summed E-state index contributed by atoms with van der Waals surface area (Å²) in [6, 6.07) is 15.0. The molecule has 0 aliphatic rings. The average molecular weight is 454 g/mol. The quantitative estimate of drug-likeness (QED) is 0.509. The summed E-state index contributed by atoms with van der Waals surface area (Å²) in [6.45, 7) is 3.84. The molecule has 0 bridgehead atoms. The third-order valence-electron chi connectivity index (χ3n) is 3.04. The Balaban J connectivity index is 2.05. The van der Waals surface area contributed by atoms with E-state index in [4.69, 9.17) is 0 Å². The molecule has 0 aliphatic carbocycles. The van der Waals surface area contributed by atoms with Gasteiger partial charge in [-0.25, -0.2) is 0 Å². The van der Waals surface area contributed by atoms with Crippen LogP contribution in [0.1, 0.15) is 24.2 Å². The molecule has 2 N–H and O–H groups in total. The summed E-state index contributed by atoms with van der Waals surface area (Å²) in [4.78, 5) is 25.1. The van der Waals surface area contributed by atoms with Crippen molar-refractivity contribution < 1.29 is 9.59 Å². The lowest BCUT2D eigenvalue weighted by atomic mass is 10.2. The largest absolute Gasteiger partial charge is 0.353 e. The van der Waals surface area contributed by atoms with E-state index in [0.29, 0.717) is 5.56 Å². The number of thioether (sulfide) groups is 1. The molecular formula is C18H19IN2O2S. The third-order valence-corrected chi connectivity index (χ3v) is 4.83. The highest BCUT2D eigenvalue weighted by Gasteiger charge is 2.13. The number of hydrogen-bond acceptors (Lipinski definition) is 3. The number of nitrogens with one attached hydrogen (secondary N) is 2. The molecule has 2 amide bonds. The normalized spacial score (nSPS) is 10.5. The second-order valence-electron chi connectivity index (χ2n) is 5.47. The van der Waals surface area contributed by atoms with Crippen molar-refractivity contribution in [1.82, 2.24) is 5.32 Å². The minimum absolute atomic E-state index is 0.0390. The Morgan fingerprint density at radius 2 is 1.75 bits per heavy atom. The van der Waals surface area contributed by atoms with E-state index in [1.807, 2.05) is 56.3 Å². The first-order valence-electron chi connectivity index (χ1n) is 7.54. The maximum atomic E-state index is 12.5. The van der Waals surface area contributed by atoms with Gasteiger partial charge >= 0.3 is 0 Å². The van der Waals surface area contributed by atoms with Crippen LogP contribution in [0.15, 0.2) is 53.4 Å². The van der Waals surface area contributed by atoms with Crippen molar-refractivity contribution >= 4 is 51.9 Å². The first kappa shape index (κ1) is 18.8. The van der Waals surface area contributed by atoms with Gasteiger partial charge in [0.15, 0.2) is 0 Å². The lowest BCUT2D eigenvalue weighted by Crippen LogP contribution is -2.31. The molecular weight excluding hydrogens is 435 g/mol. The number of benzene rings is 2. The number of rotatable bonds is 6. The van der Waals surface area contributed by atoms with Crippen LogP contribution in [0.4, 0.5) is 5.69 Å². The van der Waals surface area contributed by atoms with Crippen LogP contribution in [0.5, 0.6) is 0 Å².